The minimum Gasteiger partial charge on any atom is -0.377 e. The van der Waals surface area contributed by atoms with E-state index in [0.717, 1.165) is 20.2 Å². The second-order valence-corrected chi connectivity index (χ2v) is 6.81. The SMILES string of the molecule is NCC(Nc1ccc(Br)c(Cl)c1)c1cc(Br)ccc1Cl. The molecule has 0 saturated heterocycles. The molecule has 0 bridgehead atoms. The molecule has 2 nitrogen and oxygen atoms in total. The van der Waals surface area contributed by atoms with Crippen LogP contribution in [-0.2, 0) is 0 Å². The molecule has 2 aromatic carbocycles. The molecule has 3 N–H and O–H groups in total. The van der Waals surface area contributed by atoms with E-state index in [0.29, 0.717) is 16.6 Å². The minimum absolute atomic E-state index is 0.0859. The monoisotopic (exact) mass is 436 g/mol. The largest absolute Gasteiger partial charge is 0.377 e. The molecule has 106 valence electrons. The molecule has 0 aliphatic carbocycles. The van der Waals surface area contributed by atoms with Crippen LogP contribution in [0.5, 0.6) is 0 Å². The lowest BCUT2D eigenvalue weighted by Gasteiger charge is -2.20. The van der Waals surface area contributed by atoms with Crippen molar-refractivity contribution in [2.75, 3.05) is 11.9 Å². The summed E-state index contributed by atoms with van der Waals surface area (Å²) in [5, 5.41) is 4.67. The Balaban J connectivity index is 2.28. The summed E-state index contributed by atoms with van der Waals surface area (Å²) in [6, 6.07) is 11.3. The van der Waals surface area contributed by atoms with Gasteiger partial charge in [-0.25, -0.2) is 0 Å². The van der Waals surface area contributed by atoms with Crippen molar-refractivity contribution in [1.82, 2.24) is 0 Å². The summed E-state index contributed by atoms with van der Waals surface area (Å²) < 4.78 is 1.82. The van der Waals surface area contributed by atoms with Gasteiger partial charge in [-0.2, -0.15) is 0 Å². The number of halogens is 4. The fourth-order valence-corrected chi connectivity index (χ4v) is 2.89. The van der Waals surface area contributed by atoms with Crippen LogP contribution in [0.2, 0.25) is 10.0 Å². The summed E-state index contributed by atoms with van der Waals surface area (Å²) in [5.74, 6) is 0. The zero-order chi connectivity index (χ0) is 14.7. The quantitative estimate of drug-likeness (QED) is 0.649. The average molecular weight is 439 g/mol. The first kappa shape index (κ1) is 16.1. The summed E-state index contributed by atoms with van der Waals surface area (Å²) >= 11 is 19.1. The van der Waals surface area contributed by atoms with Crippen LogP contribution in [-0.4, -0.2) is 6.54 Å². The third kappa shape index (κ3) is 3.89. The van der Waals surface area contributed by atoms with E-state index in [1.165, 1.54) is 0 Å². The predicted molar refractivity (Wildman–Crippen MR) is 93.7 cm³/mol. The normalized spacial score (nSPS) is 12.2. The molecule has 0 saturated carbocycles. The Morgan fingerprint density at radius 1 is 1.05 bits per heavy atom. The van der Waals surface area contributed by atoms with E-state index in [9.17, 15) is 0 Å². The highest BCUT2D eigenvalue weighted by atomic mass is 79.9. The van der Waals surface area contributed by atoms with Crippen LogP contribution in [0.4, 0.5) is 5.69 Å². The van der Waals surface area contributed by atoms with Crippen LogP contribution < -0.4 is 11.1 Å². The number of benzene rings is 2. The molecule has 1 atom stereocenters. The van der Waals surface area contributed by atoms with Gasteiger partial charge in [0.05, 0.1) is 11.1 Å². The van der Waals surface area contributed by atoms with Crippen LogP contribution in [0, 0.1) is 0 Å². The van der Waals surface area contributed by atoms with Crippen molar-refractivity contribution in [1.29, 1.82) is 0 Å². The second-order valence-electron chi connectivity index (χ2n) is 4.23. The minimum atomic E-state index is -0.0859. The molecule has 2 aromatic rings. The molecule has 6 heteroatoms. The summed E-state index contributed by atoms with van der Waals surface area (Å²) in [4.78, 5) is 0. The molecule has 0 amide bonds. The molecule has 0 radical (unpaired) electrons. The van der Waals surface area contributed by atoms with Gasteiger partial charge in [-0.05, 0) is 57.9 Å². The van der Waals surface area contributed by atoms with Crippen LogP contribution in [0.25, 0.3) is 0 Å². The average Bonchev–Trinajstić information content (AvgIpc) is 2.43. The summed E-state index contributed by atoms with van der Waals surface area (Å²) in [6.45, 7) is 0.420. The fourth-order valence-electron chi connectivity index (χ4n) is 1.83. The van der Waals surface area contributed by atoms with Crippen molar-refractivity contribution in [3.63, 3.8) is 0 Å². The smallest absolute Gasteiger partial charge is 0.0651 e. The first-order chi connectivity index (χ1) is 9.51. The maximum absolute atomic E-state index is 6.24. The molecular weight excluding hydrogens is 427 g/mol. The first-order valence-corrected chi connectivity index (χ1v) is 8.22. The van der Waals surface area contributed by atoms with Crippen molar-refractivity contribution in [2.24, 2.45) is 5.73 Å². The Kier molecular flexibility index (Phi) is 5.75. The molecule has 0 spiro atoms. The van der Waals surface area contributed by atoms with Gasteiger partial charge in [0.2, 0.25) is 0 Å². The highest BCUT2D eigenvalue weighted by Gasteiger charge is 2.14. The van der Waals surface area contributed by atoms with E-state index in [4.69, 9.17) is 28.9 Å². The Hall–Kier alpha value is -0.260. The van der Waals surface area contributed by atoms with Crippen molar-refractivity contribution >= 4 is 60.7 Å². The zero-order valence-corrected chi connectivity index (χ0v) is 15.0. The number of rotatable bonds is 4. The molecule has 0 fully saturated rings. The highest BCUT2D eigenvalue weighted by molar-refractivity contribution is 9.10. The van der Waals surface area contributed by atoms with Gasteiger partial charge in [-0.15, -0.1) is 0 Å². The van der Waals surface area contributed by atoms with E-state index in [1.54, 1.807) is 0 Å². The topological polar surface area (TPSA) is 38.0 Å². The van der Waals surface area contributed by atoms with Gasteiger partial charge in [-0.3, -0.25) is 0 Å². The van der Waals surface area contributed by atoms with Crippen molar-refractivity contribution in [3.8, 4) is 0 Å². The van der Waals surface area contributed by atoms with Gasteiger partial charge in [0.25, 0.3) is 0 Å². The maximum Gasteiger partial charge on any atom is 0.0651 e. The number of hydrogen-bond donors (Lipinski definition) is 2. The number of anilines is 1. The molecule has 0 aliphatic heterocycles. The Labute approximate surface area is 144 Å². The standard InChI is InChI=1S/C14H12Br2Cl2N2/c15-8-1-4-12(17)10(5-8)14(7-19)20-9-2-3-11(16)13(18)6-9/h1-6,14,20H,7,19H2. The van der Waals surface area contributed by atoms with E-state index >= 15 is 0 Å². The van der Waals surface area contributed by atoms with E-state index in [2.05, 4.69) is 37.2 Å². The third-order valence-electron chi connectivity index (χ3n) is 2.83. The van der Waals surface area contributed by atoms with Crippen molar-refractivity contribution in [3.05, 3.63) is 61.0 Å². The molecule has 0 heterocycles. The van der Waals surface area contributed by atoms with Crippen LogP contribution in [0.1, 0.15) is 11.6 Å². The number of nitrogens with two attached hydrogens (primary N) is 1. The summed E-state index contributed by atoms with van der Waals surface area (Å²) in [7, 11) is 0. The highest BCUT2D eigenvalue weighted by Crippen LogP contribution is 2.31. The predicted octanol–water partition coefficient (Wildman–Crippen LogP) is 5.63. The maximum atomic E-state index is 6.24. The van der Waals surface area contributed by atoms with E-state index < -0.39 is 0 Å². The molecule has 2 rings (SSSR count). The fraction of sp³-hybridized carbons (Fsp3) is 0.143. The lowest BCUT2D eigenvalue weighted by molar-refractivity contribution is 0.789. The van der Waals surface area contributed by atoms with E-state index in [1.807, 2.05) is 36.4 Å². The van der Waals surface area contributed by atoms with E-state index in [-0.39, 0.29) is 6.04 Å². The molecule has 0 aromatic heterocycles. The zero-order valence-electron chi connectivity index (χ0n) is 10.3. The lowest BCUT2D eigenvalue weighted by Crippen LogP contribution is -2.21. The molecule has 20 heavy (non-hydrogen) atoms. The van der Waals surface area contributed by atoms with Gasteiger partial charge in [0.1, 0.15) is 0 Å². The van der Waals surface area contributed by atoms with Gasteiger partial charge in [0, 0.05) is 26.2 Å². The summed E-state index contributed by atoms with van der Waals surface area (Å²) in [6.07, 6.45) is 0. The van der Waals surface area contributed by atoms with Crippen molar-refractivity contribution in [2.45, 2.75) is 6.04 Å². The molecule has 1 unspecified atom stereocenters. The van der Waals surface area contributed by atoms with Gasteiger partial charge < -0.3 is 11.1 Å². The Bertz CT molecular complexity index is 620. The van der Waals surface area contributed by atoms with Gasteiger partial charge in [-0.1, -0.05) is 39.1 Å². The molecule has 0 aliphatic rings. The van der Waals surface area contributed by atoms with Crippen LogP contribution in [0.3, 0.4) is 0 Å². The van der Waals surface area contributed by atoms with Crippen molar-refractivity contribution < 1.29 is 0 Å². The van der Waals surface area contributed by atoms with Crippen LogP contribution >= 0.6 is 55.1 Å². The lowest BCUT2D eigenvalue weighted by atomic mass is 10.1. The number of hydrogen-bond acceptors (Lipinski definition) is 2. The van der Waals surface area contributed by atoms with Crippen LogP contribution in [0.15, 0.2) is 45.3 Å². The third-order valence-corrected chi connectivity index (χ3v) is 4.90. The Morgan fingerprint density at radius 3 is 2.45 bits per heavy atom. The summed E-state index contributed by atoms with van der Waals surface area (Å²) in [5.41, 5.74) is 7.70. The van der Waals surface area contributed by atoms with Gasteiger partial charge in [0.15, 0.2) is 0 Å². The Morgan fingerprint density at radius 2 is 1.80 bits per heavy atom. The number of nitrogens with one attached hydrogen (secondary N) is 1. The first-order valence-electron chi connectivity index (χ1n) is 5.88. The molecular formula is C14H12Br2Cl2N2. The second kappa shape index (κ2) is 7.14. The van der Waals surface area contributed by atoms with Gasteiger partial charge >= 0.3 is 0 Å².